The third-order valence-electron chi connectivity index (χ3n) is 11.8. The van der Waals surface area contributed by atoms with Crippen LogP contribution in [0.3, 0.4) is 0 Å². The molecule has 0 aliphatic rings. The Labute approximate surface area is 402 Å². The molecule has 0 amide bonds. The number of hydrogen-bond acceptors (Lipinski definition) is 6. The number of hydrogen-bond donors (Lipinski definition) is 0. The first kappa shape index (κ1) is 61.9. The predicted molar refractivity (Wildman–Crippen MR) is 279 cm³/mol. The van der Waals surface area contributed by atoms with E-state index in [1.54, 1.807) is 0 Å². The third-order valence-corrected chi connectivity index (χ3v) is 11.8. The van der Waals surface area contributed by atoms with Crippen molar-refractivity contribution in [1.82, 2.24) is 0 Å². The van der Waals surface area contributed by atoms with Crippen LogP contribution < -0.4 is 0 Å². The minimum absolute atomic E-state index is 0.0853. The van der Waals surface area contributed by atoms with E-state index in [-0.39, 0.29) is 31.1 Å². The van der Waals surface area contributed by atoms with Crippen molar-refractivity contribution in [2.45, 2.75) is 271 Å². The molecule has 1 unspecified atom stereocenters. The van der Waals surface area contributed by atoms with Crippen LogP contribution in [0, 0.1) is 0 Å². The highest BCUT2D eigenvalue weighted by atomic mass is 16.6. The molecule has 65 heavy (non-hydrogen) atoms. The fourth-order valence-electron chi connectivity index (χ4n) is 7.64. The molecule has 0 aromatic rings. The van der Waals surface area contributed by atoms with Gasteiger partial charge in [0.05, 0.1) is 0 Å². The van der Waals surface area contributed by atoms with Gasteiger partial charge in [-0.05, 0) is 64.2 Å². The van der Waals surface area contributed by atoms with Crippen LogP contribution in [0.5, 0.6) is 0 Å². The van der Waals surface area contributed by atoms with Gasteiger partial charge < -0.3 is 14.2 Å². The molecular formula is C59H102O6. The lowest BCUT2D eigenvalue weighted by Crippen LogP contribution is -2.30. The standard InChI is InChI=1S/C59H102O6/c1-4-7-10-13-16-19-22-25-27-29-30-32-34-37-40-43-46-49-52-58(61)64-55-56(54-63-57(60)51-48-45-42-39-36-33-24-21-18-15-12-9-6-3)65-59(62)53-50-47-44-41-38-35-31-28-26-23-20-17-14-11-8-5-2/h10,13,16,19,22,25,27-32,56H,4-9,11-12,14-15,17-18,20-21,23-24,26,33-55H2,1-3H3/b13-10-,19-16-,25-22-,29-27-,31-28-,32-30-. The highest BCUT2D eigenvalue weighted by Crippen LogP contribution is 2.15. The molecule has 0 saturated carbocycles. The minimum atomic E-state index is -0.789. The van der Waals surface area contributed by atoms with Gasteiger partial charge in [0.15, 0.2) is 6.10 Å². The van der Waals surface area contributed by atoms with Gasteiger partial charge in [-0.3, -0.25) is 14.4 Å². The van der Waals surface area contributed by atoms with Crippen LogP contribution in [0.4, 0.5) is 0 Å². The second-order valence-electron chi connectivity index (χ2n) is 18.3. The van der Waals surface area contributed by atoms with Crippen molar-refractivity contribution in [2.24, 2.45) is 0 Å². The first-order valence-electron chi connectivity index (χ1n) is 27.5. The number of carbonyl (C=O) groups excluding carboxylic acids is 3. The van der Waals surface area contributed by atoms with E-state index in [1.165, 1.54) is 128 Å². The van der Waals surface area contributed by atoms with Crippen LogP contribution >= 0.6 is 0 Å². The summed E-state index contributed by atoms with van der Waals surface area (Å²) in [4.78, 5) is 38.1. The zero-order valence-corrected chi connectivity index (χ0v) is 42.7. The quantitative estimate of drug-likeness (QED) is 0.0199. The van der Waals surface area contributed by atoms with Crippen LogP contribution in [0.25, 0.3) is 0 Å². The minimum Gasteiger partial charge on any atom is -0.462 e. The van der Waals surface area contributed by atoms with Gasteiger partial charge in [0.1, 0.15) is 13.2 Å². The molecular weight excluding hydrogens is 805 g/mol. The molecule has 6 heteroatoms. The Bertz CT molecular complexity index is 1230. The average Bonchev–Trinajstić information content (AvgIpc) is 3.30. The van der Waals surface area contributed by atoms with Gasteiger partial charge in [0.2, 0.25) is 0 Å². The molecule has 6 nitrogen and oxygen atoms in total. The zero-order valence-electron chi connectivity index (χ0n) is 42.7. The molecule has 0 rings (SSSR count). The normalized spacial score (nSPS) is 12.6. The molecule has 0 heterocycles. The maximum absolute atomic E-state index is 12.8. The lowest BCUT2D eigenvalue weighted by Gasteiger charge is -2.18. The van der Waals surface area contributed by atoms with Crippen LogP contribution in [-0.2, 0) is 28.6 Å². The molecule has 0 N–H and O–H groups in total. The molecule has 0 aliphatic carbocycles. The molecule has 1 atom stereocenters. The average molecular weight is 907 g/mol. The predicted octanol–water partition coefficient (Wildman–Crippen LogP) is 18.2. The number of ether oxygens (including phenoxy) is 3. The Balaban J connectivity index is 4.44. The SMILES string of the molecule is CCC\C=C/C=C\C=C/C=C\C=C/CCCCCCCC(=O)OCC(COC(=O)CCCCCCCCCCCCCCC)OC(=O)CCCCCCC/C=C\CCCCCCCCC. The largest absolute Gasteiger partial charge is 0.462 e. The van der Waals surface area contributed by atoms with E-state index in [2.05, 4.69) is 69.4 Å². The van der Waals surface area contributed by atoms with Crippen molar-refractivity contribution >= 4 is 17.9 Å². The van der Waals surface area contributed by atoms with Crippen molar-refractivity contribution in [3.05, 3.63) is 72.9 Å². The molecule has 0 spiro atoms. The van der Waals surface area contributed by atoms with Crippen LogP contribution in [0.2, 0.25) is 0 Å². The lowest BCUT2D eigenvalue weighted by molar-refractivity contribution is -0.167. The Hall–Kier alpha value is -3.15. The summed E-state index contributed by atoms with van der Waals surface area (Å²) >= 11 is 0. The summed E-state index contributed by atoms with van der Waals surface area (Å²) in [6.45, 7) is 6.53. The van der Waals surface area contributed by atoms with Gasteiger partial charge >= 0.3 is 17.9 Å². The second-order valence-corrected chi connectivity index (χ2v) is 18.3. The number of rotatable bonds is 49. The molecule has 0 aliphatic heterocycles. The van der Waals surface area contributed by atoms with Crippen molar-refractivity contribution in [2.75, 3.05) is 13.2 Å². The molecule has 0 aromatic heterocycles. The number of unbranched alkanes of at least 4 members (excludes halogenated alkanes) is 30. The van der Waals surface area contributed by atoms with Crippen molar-refractivity contribution in [3.8, 4) is 0 Å². The van der Waals surface area contributed by atoms with Crippen LogP contribution in [0.15, 0.2) is 72.9 Å². The van der Waals surface area contributed by atoms with Gasteiger partial charge in [-0.15, -0.1) is 0 Å². The number of allylic oxidation sites excluding steroid dienone is 12. The summed E-state index contributed by atoms with van der Waals surface area (Å²) in [7, 11) is 0. The summed E-state index contributed by atoms with van der Waals surface area (Å²) in [6.07, 6.45) is 67.3. The smallest absolute Gasteiger partial charge is 0.306 e. The van der Waals surface area contributed by atoms with Crippen molar-refractivity contribution in [1.29, 1.82) is 0 Å². The highest BCUT2D eigenvalue weighted by Gasteiger charge is 2.19. The molecule has 374 valence electrons. The topological polar surface area (TPSA) is 78.9 Å². The van der Waals surface area contributed by atoms with E-state index in [9.17, 15) is 14.4 Å². The van der Waals surface area contributed by atoms with Crippen molar-refractivity contribution < 1.29 is 28.6 Å². The monoisotopic (exact) mass is 907 g/mol. The Morgan fingerprint density at radius 3 is 0.969 bits per heavy atom. The highest BCUT2D eigenvalue weighted by molar-refractivity contribution is 5.71. The second kappa shape index (κ2) is 53.5. The number of esters is 3. The van der Waals surface area contributed by atoms with Gasteiger partial charge in [0.25, 0.3) is 0 Å². The lowest BCUT2D eigenvalue weighted by atomic mass is 10.0. The fraction of sp³-hybridized carbons (Fsp3) is 0.746. The van der Waals surface area contributed by atoms with Gasteiger partial charge in [-0.25, -0.2) is 0 Å². The van der Waals surface area contributed by atoms with Crippen LogP contribution in [-0.4, -0.2) is 37.2 Å². The molecule has 0 aromatic carbocycles. The van der Waals surface area contributed by atoms with E-state index in [0.29, 0.717) is 19.3 Å². The Morgan fingerprint density at radius 1 is 0.308 bits per heavy atom. The third kappa shape index (κ3) is 51.7. The zero-order chi connectivity index (χ0) is 47.2. The summed E-state index contributed by atoms with van der Waals surface area (Å²) in [6, 6.07) is 0. The first-order chi connectivity index (χ1) is 32.0. The summed E-state index contributed by atoms with van der Waals surface area (Å²) < 4.78 is 16.8. The Kier molecular flexibility index (Phi) is 50.9. The van der Waals surface area contributed by atoms with Gasteiger partial charge in [0, 0.05) is 19.3 Å². The molecule has 0 radical (unpaired) electrons. The maximum atomic E-state index is 12.8. The van der Waals surface area contributed by atoms with Gasteiger partial charge in [-0.1, -0.05) is 254 Å². The Morgan fingerprint density at radius 2 is 0.600 bits per heavy atom. The van der Waals surface area contributed by atoms with E-state index >= 15 is 0 Å². The molecule has 0 fully saturated rings. The maximum Gasteiger partial charge on any atom is 0.306 e. The van der Waals surface area contributed by atoms with E-state index in [0.717, 1.165) is 96.3 Å². The van der Waals surface area contributed by atoms with E-state index < -0.39 is 6.10 Å². The van der Waals surface area contributed by atoms with E-state index in [4.69, 9.17) is 14.2 Å². The summed E-state index contributed by atoms with van der Waals surface area (Å²) in [5.41, 5.74) is 0. The fourth-order valence-corrected chi connectivity index (χ4v) is 7.64. The molecule has 0 bridgehead atoms. The summed E-state index contributed by atoms with van der Waals surface area (Å²) in [5, 5.41) is 0. The van der Waals surface area contributed by atoms with Crippen LogP contribution in [0.1, 0.15) is 265 Å². The van der Waals surface area contributed by atoms with Gasteiger partial charge in [-0.2, -0.15) is 0 Å². The molecule has 0 saturated heterocycles. The number of carbonyl (C=O) groups is 3. The first-order valence-corrected chi connectivity index (χ1v) is 27.5. The summed E-state index contributed by atoms with van der Waals surface area (Å²) in [5.74, 6) is -0.913. The van der Waals surface area contributed by atoms with E-state index in [1.807, 2.05) is 24.3 Å². The van der Waals surface area contributed by atoms with Crippen molar-refractivity contribution in [3.63, 3.8) is 0 Å².